The van der Waals surface area contributed by atoms with Crippen LogP contribution in [0.1, 0.15) is 77.8 Å². The minimum absolute atomic E-state index is 0.00645. The summed E-state index contributed by atoms with van der Waals surface area (Å²) in [4.78, 5) is 48.1. The highest BCUT2D eigenvalue weighted by Gasteiger charge is 2.42. The van der Waals surface area contributed by atoms with Gasteiger partial charge in [0.15, 0.2) is 0 Å². The van der Waals surface area contributed by atoms with Crippen molar-refractivity contribution < 1.29 is 33.4 Å². The average molecular weight is 620 g/mol. The number of hydrogen-bond donors (Lipinski definition) is 1. The predicted molar refractivity (Wildman–Crippen MR) is 171 cm³/mol. The first-order chi connectivity index (χ1) is 21.1. The Morgan fingerprint density at radius 1 is 0.956 bits per heavy atom. The van der Waals surface area contributed by atoms with Crippen LogP contribution in [0.4, 0.5) is 16.2 Å². The lowest BCUT2D eigenvalue weighted by Gasteiger charge is -2.46. The maximum Gasteiger partial charge on any atom is 0.412 e. The zero-order valence-corrected chi connectivity index (χ0v) is 27.2. The third-order valence-corrected chi connectivity index (χ3v) is 7.68. The number of hydrogen-bond acceptors (Lipinski definition) is 9. The van der Waals surface area contributed by atoms with Gasteiger partial charge in [-0.05, 0) is 86.6 Å². The van der Waals surface area contributed by atoms with E-state index >= 15 is 0 Å². The molecule has 2 aromatic rings. The molecule has 0 bridgehead atoms. The third kappa shape index (κ3) is 11.9. The number of ketones is 1. The van der Waals surface area contributed by atoms with E-state index in [4.69, 9.17) is 14.2 Å². The number of Topliss-reactive ketones (excluding diaryl/α,β-unsaturated/α-hetero) is 1. The molecule has 1 fully saturated rings. The van der Waals surface area contributed by atoms with Crippen molar-refractivity contribution in [2.24, 2.45) is 21.1 Å². The Kier molecular flexibility index (Phi) is 12.2. The first kappa shape index (κ1) is 35.1. The highest BCUT2D eigenvalue weighted by atomic mass is 16.6. The second kappa shape index (κ2) is 15.6. The fraction of sp³-hybridized carbons (Fsp3) is 0.486. The minimum atomic E-state index is -0.559. The standard InChI is InChI=1S/C35H45N3O7/c1-23(2)32(41)44-17-16-43-31(40)14-15-35(7)21-28(20-34(5,6)22-35)36-33(42)45-29-13-8-24(3)30(19-29)38-37-27-11-9-26(10-12-27)18-25(4)39/h8-13,19,28H,1,14-18,20-22H2,2-7H3,(H,36,42). The van der Waals surface area contributed by atoms with Crippen molar-refractivity contribution in [3.63, 3.8) is 0 Å². The van der Waals surface area contributed by atoms with Crippen LogP contribution in [0.2, 0.25) is 0 Å². The van der Waals surface area contributed by atoms with Crippen molar-refractivity contribution in [1.82, 2.24) is 5.32 Å². The number of aryl methyl sites for hydroxylation is 1. The maximum atomic E-state index is 13.0. The highest BCUT2D eigenvalue weighted by Crippen LogP contribution is 2.48. The van der Waals surface area contributed by atoms with Crippen molar-refractivity contribution in [2.75, 3.05) is 13.2 Å². The van der Waals surface area contributed by atoms with Crippen LogP contribution in [-0.2, 0) is 30.3 Å². The monoisotopic (exact) mass is 619 g/mol. The Labute approximate surface area is 265 Å². The molecule has 1 N–H and O–H groups in total. The van der Waals surface area contributed by atoms with E-state index in [0.717, 1.165) is 24.0 Å². The molecule has 0 saturated heterocycles. The molecule has 0 radical (unpaired) electrons. The van der Waals surface area contributed by atoms with Crippen LogP contribution in [0.15, 0.2) is 64.8 Å². The number of carbonyl (C=O) groups excluding carboxylic acids is 4. The van der Waals surface area contributed by atoms with Gasteiger partial charge >= 0.3 is 18.0 Å². The van der Waals surface area contributed by atoms with E-state index < -0.39 is 12.1 Å². The fourth-order valence-electron chi connectivity index (χ4n) is 5.96. The highest BCUT2D eigenvalue weighted by molar-refractivity contribution is 5.86. The molecule has 45 heavy (non-hydrogen) atoms. The molecule has 0 aromatic heterocycles. The smallest absolute Gasteiger partial charge is 0.412 e. The quantitative estimate of drug-likeness (QED) is 0.105. The van der Waals surface area contributed by atoms with Gasteiger partial charge in [-0.1, -0.05) is 45.5 Å². The number of nitrogens with zero attached hydrogens (tertiary/aromatic N) is 2. The van der Waals surface area contributed by atoms with Gasteiger partial charge in [0, 0.05) is 30.5 Å². The second-order valence-electron chi connectivity index (χ2n) is 13.1. The Bertz CT molecular complexity index is 1430. The summed E-state index contributed by atoms with van der Waals surface area (Å²) in [7, 11) is 0. The molecule has 0 heterocycles. The minimum Gasteiger partial charge on any atom is -0.462 e. The number of ether oxygens (including phenoxy) is 3. The molecule has 1 aliphatic rings. The molecule has 10 nitrogen and oxygen atoms in total. The van der Waals surface area contributed by atoms with Crippen LogP contribution in [-0.4, -0.2) is 43.1 Å². The van der Waals surface area contributed by atoms with Crippen LogP contribution in [0.5, 0.6) is 5.75 Å². The van der Waals surface area contributed by atoms with Gasteiger partial charge < -0.3 is 19.5 Å². The summed E-state index contributed by atoms with van der Waals surface area (Å²) in [5.74, 6) is -0.429. The summed E-state index contributed by atoms with van der Waals surface area (Å²) in [6, 6.07) is 12.4. The van der Waals surface area contributed by atoms with E-state index in [-0.39, 0.29) is 53.8 Å². The van der Waals surface area contributed by atoms with E-state index in [2.05, 4.69) is 42.9 Å². The van der Waals surface area contributed by atoms with Crippen molar-refractivity contribution in [3.05, 3.63) is 65.7 Å². The first-order valence-electron chi connectivity index (χ1n) is 15.2. The summed E-state index contributed by atoms with van der Waals surface area (Å²) in [5.41, 5.74) is 3.03. The van der Waals surface area contributed by atoms with Gasteiger partial charge in [-0.15, -0.1) is 0 Å². The number of benzene rings is 2. The predicted octanol–water partition coefficient (Wildman–Crippen LogP) is 7.66. The Balaban J connectivity index is 1.54. The van der Waals surface area contributed by atoms with Crippen molar-refractivity contribution in [2.45, 2.75) is 86.1 Å². The van der Waals surface area contributed by atoms with Gasteiger partial charge in [-0.25, -0.2) is 9.59 Å². The van der Waals surface area contributed by atoms with Crippen LogP contribution >= 0.6 is 0 Å². The van der Waals surface area contributed by atoms with Gasteiger partial charge in [0.05, 0.1) is 11.4 Å². The molecule has 1 aliphatic carbocycles. The number of esters is 2. The fourth-order valence-corrected chi connectivity index (χ4v) is 5.96. The summed E-state index contributed by atoms with van der Waals surface area (Å²) >= 11 is 0. The van der Waals surface area contributed by atoms with Gasteiger partial charge in [-0.2, -0.15) is 10.2 Å². The van der Waals surface area contributed by atoms with E-state index in [9.17, 15) is 19.2 Å². The molecule has 0 aliphatic heterocycles. The first-order valence-corrected chi connectivity index (χ1v) is 15.2. The zero-order chi connectivity index (χ0) is 33.2. The molecule has 2 atom stereocenters. The number of rotatable bonds is 13. The summed E-state index contributed by atoms with van der Waals surface area (Å²) in [6.45, 7) is 14.9. The Hall–Kier alpha value is -4.34. The van der Waals surface area contributed by atoms with Gasteiger partial charge in [-0.3, -0.25) is 9.59 Å². The maximum absolute atomic E-state index is 13.0. The molecule has 1 saturated carbocycles. The average Bonchev–Trinajstić information content (AvgIpc) is 2.93. The van der Waals surface area contributed by atoms with Crippen LogP contribution in [0, 0.1) is 17.8 Å². The molecule has 0 spiro atoms. The molecule has 2 unspecified atom stereocenters. The summed E-state index contributed by atoms with van der Waals surface area (Å²) in [6.07, 6.45) is 2.99. The van der Waals surface area contributed by atoms with Crippen LogP contribution in [0.3, 0.4) is 0 Å². The molecule has 10 heteroatoms. The lowest BCUT2D eigenvalue weighted by Crippen LogP contribution is -2.47. The van der Waals surface area contributed by atoms with Crippen LogP contribution in [0.25, 0.3) is 0 Å². The third-order valence-electron chi connectivity index (χ3n) is 7.68. The molecular formula is C35H45N3O7. The van der Waals surface area contributed by atoms with Gasteiger partial charge in [0.25, 0.3) is 0 Å². The molecule has 242 valence electrons. The molecular weight excluding hydrogens is 574 g/mol. The van der Waals surface area contributed by atoms with E-state index in [1.54, 1.807) is 38.1 Å². The number of amides is 1. The van der Waals surface area contributed by atoms with Gasteiger partial charge in [0.2, 0.25) is 0 Å². The normalized spacial score (nSPS) is 19.0. The lowest BCUT2D eigenvalue weighted by molar-refractivity contribution is -0.150. The van der Waals surface area contributed by atoms with Crippen molar-refractivity contribution in [3.8, 4) is 5.75 Å². The topological polar surface area (TPSA) is 133 Å². The molecule has 3 rings (SSSR count). The van der Waals surface area contributed by atoms with E-state index in [0.29, 0.717) is 36.4 Å². The summed E-state index contributed by atoms with van der Waals surface area (Å²) < 4.78 is 15.8. The number of azo groups is 1. The molecule has 1 amide bonds. The summed E-state index contributed by atoms with van der Waals surface area (Å²) in [5, 5.41) is 11.7. The Morgan fingerprint density at radius 2 is 1.64 bits per heavy atom. The Morgan fingerprint density at radius 3 is 2.31 bits per heavy atom. The largest absolute Gasteiger partial charge is 0.462 e. The van der Waals surface area contributed by atoms with E-state index in [1.165, 1.54) is 0 Å². The zero-order valence-electron chi connectivity index (χ0n) is 27.2. The number of carbonyl (C=O) groups is 4. The second-order valence-corrected chi connectivity index (χ2v) is 13.1. The van der Waals surface area contributed by atoms with Crippen molar-refractivity contribution >= 4 is 35.2 Å². The lowest BCUT2D eigenvalue weighted by atomic mass is 9.61. The number of nitrogens with one attached hydrogen (secondary N) is 1. The molecule has 2 aromatic carbocycles. The van der Waals surface area contributed by atoms with Crippen LogP contribution < -0.4 is 10.1 Å². The van der Waals surface area contributed by atoms with Crippen molar-refractivity contribution in [1.29, 1.82) is 0 Å². The SMILES string of the molecule is C=C(C)C(=O)OCCOC(=O)CCC1(C)CC(NC(=O)Oc2ccc(C)c(N=Nc3ccc(CC(C)=O)cc3)c2)CC(C)(C)C1. The van der Waals surface area contributed by atoms with Gasteiger partial charge in [0.1, 0.15) is 24.7 Å². The van der Waals surface area contributed by atoms with E-state index in [1.807, 2.05) is 25.1 Å².